The van der Waals surface area contributed by atoms with Crippen LogP contribution in [0.25, 0.3) is 0 Å². The van der Waals surface area contributed by atoms with Crippen molar-refractivity contribution in [2.45, 2.75) is 39.0 Å². The first-order valence-electron chi connectivity index (χ1n) is 4.60. The van der Waals surface area contributed by atoms with E-state index >= 15 is 0 Å². The molecule has 1 aromatic rings. The molecule has 2 unspecified atom stereocenters. The minimum Gasteiger partial charge on any atom is -0.385 e. The van der Waals surface area contributed by atoms with Crippen molar-refractivity contribution in [3.63, 3.8) is 0 Å². The Balaban J connectivity index is 2.80. The highest BCUT2D eigenvalue weighted by molar-refractivity contribution is 5.04. The highest BCUT2D eigenvalue weighted by Gasteiger charge is 2.16. The summed E-state index contributed by atoms with van der Waals surface area (Å²) in [7, 11) is 0. The lowest BCUT2D eigenvalue weighted by Gasteiger charge is -2.16. The first kappa shape index (κ1) is 10.2. The summed E-state index contributed by atoms with van der Waals surface area (Å²) in [6.07, 6.45) is 3.80. The molecule has 2 atom stereocenters. The second-order valence-electron chi connectivity index (χ2n) is 3.32. The van der Waals surface area contributed by atoms with Gasteiger partial charge in [0.2, 0.25) is 0 Å². The molecule has 0 aromatic carbocycles. The van der Waals surface area contributed by atoms with Crippen molar-refractivity contribution < 1.29 is 5.11 Å². The smallest absolute Gasteiger partial charge is 0.110 e. The van der Waals surface area contributed by atoms with Crippen molar-refractivity contribution in [2.75, 3.05) is 0 Å². The fraction of sp³-hybridized carbons (Fsp3) is 0.667. The molecule has 0 bridgehead atoms. The Hall–Kier alpha value is -0.870. The van der Waals surface area contributed by atoms with Gasteiger partial charge < -0.3 is 15.4 Å². The van der Waals surface area contributed by atoms with Gasteiger partial charge in [-0.1, -0.05) is 6.92 Å². The van der Waals surface area contributed by atoms with Crippen molar-refractivity contribution in [3.05, 3.63) is 18.2 Å². The summed E-state index contributed by atoms with van der Waals surface area (Å²) in [5.74, 6) is 0. The van der Waals surface area contributed by atoms with Crippen LogP contribution in [0.5, 0.6) is 0 Å². The van der Waals surface area contributed by atoms with Crippen molar-refractivity contribution in [1.29, 1.82) is 0 Å². The fourth-order valence-corrected chi connectivity index (χ4v) is 1.27. The number of rotatable bonds is 4. The molecule has 1 heterocycles. The van der Waals surface area contributed by atoms with Crippen LogP contribution in [0.3, 0.4) is 0 Å². The van der Waals surface area contributed by atoms with Crippen LogP contribution >= 0.6 is 0 Å². The fourth-order valence-electron chi connectivity index (χ4n) is 1.27. The molecule has 0 amide bonds. The summed E-state index contributed by atoms with van der Waals surface area (Å²) in [5.41, 5.74) is 6.40. The standard InChI is InChI=1S/C9H17N3O/c1-3-4-12-6-11-5-8(12)9(13)7(2)10/h5-7,9,13H,3-4,10H2,1-2H3. The van der Waals surface area contributed by atoms with Gasteiger partial charge in [0.1, 0.15) is 6.10 Å². The lowest BCUT2D eigenvalue weighted by Crippen LogP contribution is -2.26. The van der Waals surface area contributed by atoms with Gasteiger partial charge in [0.15, 0.2) is 0 Å². The molecule has 0 aliphatic heterocycles. The third-order valence-corrected chi connectivity index (χ3v) is 2.01. The Morgan fingerprint density at radius 1 is 1.69 bits per heavy atom. The molecule has 0 fully saturated rings. The summed E-state index contributed by atoms with van der Waals surface area (Å²) in [6, 6.07) is -0.257. The van der Waals surface area contributed by atoms with Crippen LogP contribution in [0.2, 0.25) is 0 Å². The molecule has 0 saturated heterocycles. The van der Waals surface area contributed by atoms with Gasteiger partial charge in [-0.3, -0.25) is 0 Å². The molecular weight excluding hydrogens is 166 g/mol. The van der Waals surface area contributed by atoms with Crippen LogP contribution in [0.15, 0.2) is 12.5 Å². The largest absolute Gasteiger partial charge is 0.385 e. The summed E-state index contributed by atoms with van der Waals surface area (Å²) < 4.78 is 1.94. The second kappa shape index (κ2) is 4.39. The monoisotopic (exact) mass is 183 g/mol. The number of nitrogens with two attached hydrogens (primary N) is 1. The van der Waals surface area contributed by atoms with E-state index in [1.807, 2.05) is 4.57 Å². The van der Waals surface area contributed by atoms with Gasteiger partial charge >= 0.3 is 0 Å². The van der Waals surface area contributed by atoms with Crippen molar-refractivity contribution in [3.8, 4) is 0 Å². The molecule has 13 heavy (non-hydrogen) atoms. The van der Waals surface area contributed by atoms with E-state index in [0.717, 1.165) is 18.7 Å². The molecule has 1 rings (SSSR count). The average Bonchev–Trinajstić information content (AvgIpc) is 2.52. The van der Waals surface area contributed by atoms with Gasteiger partial charge in [0.05, 0.1) is 18.2 Å². The minimum atomic E-state index is -0.617. The number of hydrogen-bond acceptors (Lipinski definition) is 3. The van der Waals surface area contributed by atoms with E-state index in [1.165, 1.54) is 0 Å². The molecular formula is C9H17N3O. The predicted molar refractivity (Wildman–Crippen MR) is 51.1 cm³/mol. The number of hydrogen-bond donors (Lipinski definition) is 2. The molecule has 0 saturated carbocycles. The number of aromatic nitrogens is 2. The van der Waals surface area contributed by atoms with E-state index in [2.05, 4.69) is 11.9 Å². The van der Waals surface area contributed by atoms with Crippen LogP contribution in [-0.2, 0) is 6.54 Å². The maximum atomic E-state index is 9.71. The van der Waals surface area contributed by atoms with Crippen LogP contribution < -0.4 is 5.73 Å². The van der Waals surface area contributed by atoms with Gasteiger partial charge in [-0.15, -0.1) is 0 Å². The van der Waals surface area contributed by atoms with Crippen LogP contribution in [0.1, 0.15) is 32.1 Å². The number of aliphatic hydroxyl groups excluding tert-OH is 1. The third-order valence-electron chi connectivity index (χ3n) is 2.01. The SMILES string of the molecule is CCCn1cncc1C(O)C(C)N. The van der Waals surface area contributed by atoms with Gasteiger partial charge in [-0.05, 0) is 13.3 Å². The third kappa shape index (κ3) is 2.29. The quantitative estimate of drug-likeness (QED) is 0.721. The molecule has 0 spiro atoms. The molecule has 4 heteroatoms. The summed E-state index contributed by atoms with van der Waals surface area (Å²) in [5, 5.41) is 9.71. The van der Waals surface area contributed by atoms with E-state index in [1.54, 1.807) is 19.4 Å². The topological polar surface area (TPSA) is 64.1 Å². The zero-order valence-electron chi connectivity index (χ0n) is 8.14. The lowest BCUT2D eigenvalue weighted by molar-refractivity contribution is 0.144. The highest BCUT2D eigenvalue weighted by Crippen LogP contribution is 2.15. The Morgan fingerprint density at radius 2 is 2.38 bits per heavy atom. The van der Waals surface area contributed by atoms with E-state index in [-0.39, 0.29) is 6.04 Å². The maximum absolute atomic E-state index is 9.71. The van der Waals surface area contributed by atoms with E-state index < -0.39 is 6.10 Å². The molecule has 1 aromatic heterocycles. The first-order valence-corrected chi connectivity index (χ1v) is 4.60. The lowest BCUT2D eigenvalue weighted by atomic mass is 10.1. The van der Waals surface area contributed by atoms with Crippen molar-refractivity contribution in [1.82, 2.24) is 9.55 Å². The zero-order chi connectivity index (χ0) is 9.84. The van der Waals surface area contributed by atoms with Gasteiger partial charge in [-0.2, -0.15) is 0 Å². The van der Waals surface area contributed by atoms with E-state index in [0.29, 0.717) is 0 Å². The van der Waals surface area contributed by atoms with Gasteiger partial charge in [0.25, 0.3) is 0 Å². The van der Waals surface area contributed by atoms with Crippen molar-refractivity contribution >= 4 is 0 Å². The molecule has 4 nitrogen and oxygen atoms in total. The summed E-state index contributed by atoms with van der Waals surface area (Å²) in [4.78, 5) is 3.99. The zero-order valence-corrected chi connectivity index (χ0v) is 8.14. The highest BCUT2D eigenvalue weighted by atomic mass is 16.3. The first-order chi connectivity index (χ1) is 6.16. The number of aliphatic hydroxyl groups is 1. The summed E-state index contributed by atoms with van der Waals surface area (Å²) >= 11 is 0. The molecule has 0 aliphatic rings. The van der Waals surface area contributed by atoms with Crippen molar-refractivity contribution in [2.24, 2.45) is 5.73 Å². The predicted octanol–water partition coefficient (Wildman–Crippen LogP) is 0.674. The van der Waals surface area contributed by atoms with Gasteiger partial charge in [-0.25, -0.2) is 4.98 Å². The van der Waals surface area contributed by atoms with E-state index in [9.17, 15) is 5.11 Å². The number of nitrogens with zero attached hydrogens (tertiary/aromatic N) is 2. The second-order valence-corrected chi connectivity index (χ2v) is 3.32. The molecule has 0 radical (unpaired) electrons. The molecule has 0 aliphatic carbocycles. The maximum Gasteiger partial charge on any atom is 0.110 e. The minimum absolute atomic E-state index is 0.257. The Labute approximate surface area is 78.4 Å². The molecule has 74 valence electrons. The Kier molecular flexibility index (Phi) is 3.45. The normalized spacial score (nSPS) is 15.7. The summed E-state index contributed by atoms with van der Waals surface area (Å²) in [6.45, 7) is 4.75. The molecule has 3 N–H and O–H groups in total. The number of aryl methyl sites for hydroxylation is 1. The van der Waals surface area contributed by atoms with Crippen LogP contribution in [0.4, 0.5) is 0 Å². The van der Waals surface area contributed by atoms with Crippen LogP contribution in [-0.4, -0.2) is 20.7 Å². The number of imidazole rings is 1. The van der Waals surface area contributed by atoms with E-state index in [4.69, 9.17) is 5.73 Å². The van der Waals surface area contributed by atoms with Gasteiger partial charge in [0, 0.05) is 12.6 Å². The Morgan fingerprint density at radius 3 is 2.92 bits per heavy atom. The average molecular weight is 183 g/mol. The van der Waals surface area contributed by atoms with Crippen LogP contribution in [0, 0.1) is 0 Å². The Bertz CT molecular complexity index is 257.